The molecule has 0 saturated carbocycles. The van der Waals surface area contributed by atoms with E-state index in [1.807, 2.05) is 25.1 Å². The molecule has 2 atom stereocenters. The maximum atomic E-state index is 13.1. The quantitative estimate of drug-likeness (QED) is 0.177. The van der Waals surface area contributed by atoms with Gasteiger partial charge in [-0.05, 0) is 68.3 Å². The third kappa shape index (κ3) is 6.46. The van der Waals surface area contributed by atoms with Crippen LogP contribution in [-0.4, -0.2) is 25.3 Å². The van der Waals surface area contributed by atoms with Crippen LogP contribution in [0.5, 0.6) is 28.7 Å². The van der Waals surface area contributed by atoms with Gasteiger partial charge in [0.05, 0.1) is 19.1 Å². The number of halogens is 1. The maximum absolute atomic E-state index is 13.1. The Morgan fingerprint density at radius 3 is 2.50 bits per heavy atom. The van der Waals surface area contributed by atoms with Crippen molar-refractivity contribution >= 4 is 5.97 Å². The van der Waals surface area contributed by atoms with Gasteiger partial charge in [-0.25, -0.2) is 9.18 Å². The summed E-state index contributed by atoms with van der Waals surface area (Å²) in [6, 6.07) is 17.9. The number of ether oxygens (including phenoxy) is 5. The fourth-order valence-electron chi connectivity index (χ4n) is 4.22. The number of unbranched alkanes of at least 4 members (excludes halogenated alkanes) is 1. The number of hydrogen-bond acceptors (Lipinski definition) is 8. The minimum Gasteiger partial charge on any atom is -0.490 e. The van der Waals surface area contributed by atoms with E-state index in [2.05, 4.69) is 13.0 Å². The monoisotopic (exact) mass is 546 g/mol. The highest BCUT2D eigenvalue weighted by atomic mass is 19.1. The van der Waals surface area contributed by atoms with E-state index >= 15 is 0 Å². The minimum absolute atomic E-state index is 0.0438. The topological polar surface area (TPSA) is 113 Å². The molecule has 0 aromatic heterocycles. The Morgan fingerprint density at radius 1 is 1.05 bits per heavy atom. The fourth-order valence-corrected chi connectivity index (χ4v) is 4.22. The molecule has 1 heterocycles. The molecule has 9 heteroatoms. The zero-order chi connectivity index (χ0) is 28.6. The van der Waals surface area contributed by atoms with Gasteiger partial charge in [0.15, 0.2) is 17.6 Å². The number of fused-ring (bicyclic) bond motifs is 1. The lowest BCUT2D eigenvalue weighted by molar-refractivity contribution is -0.141. The molecule has 0 amide bonds. The first-order valence-electron chi connectivity index (χ1n) is 13.1. The first kappa shape index (κ1) is 28.3. The zero-order valence-corrected chi connectivity index (χ0v) is 22.6. The lowest BCUT2D eigenvalue weighted by Gasteiger charge is -2.27. The van der Waals surface area contributed by atoms with Gasteiger partial charge in [-0.15, -0.1) is 0 Å². The van der Waals surface area contributed by atoms with Crippen LogP contribution in [0.3, 0.4) is 0 Å². The highest BCUT2D eigenvalue weighted by molar-refractivity contribution is 5.77. The molecule has 1 aliphatic heterocycles. The Balaban J connectivity index is 1.59. The molecule has 1 aliphatic rings. The van der Waals surface area contributed by atoms with E-state index in [1.54, 1.807) is 12.1 Å². The lowest BCUT2D eigenvalue weighted by Crippen LogP contribution is -2.28. The Kier molecular flexibility index (Phi) is 9.12. The summed E-state index contributed by atoms with van der Waals surface area (Å²) in [5, 5.41) is 9.93. The molecule has 4 rings (SSSR count). The number of nitrogens with two attached hydrogens (primary N) is 1. The van der Waals surface area contributed by atoms with Gasteiger partial charge >= 0.3 is 5.97 Å². The van der Waals surface area contributed by atoms with Crippen LogP contribution >= 0.6 is 0 Å². The number of rotatable bonds is 11. The van der Waals surface area contributed by atoms with Crippen LogP contribution in [0.1, 0.15) is 50.7 Å². The van der Waals surface area contributed by atoms with Crippen molar-refractivity contribution in [2.75, 3.05) is 13.2 Å². The summed E-state index contributed by atoms with van der Waals surface area (Å²) >= 11 is 0. The summed E-state index contributed by atoms with van der Waals surface area (Å²) in [5.41, 5.74) is 7.85. The SMILES string of the molecule is CCCCOc1ccc(C2C(C#N)=C(N)Oc3cc(OC(=O)C(C)Oc4ccc(F)cc4)ccc32)cc1OCC. The molecule has 2 unspecified atom stereocenters. The Labute approximate surface area is 232 Å². The van der Waals surface area contributed by atoms with Crippen molar-refractivity contribution in [3.05, 3.63) is 89.1 Å². The smallest absolute Gasteiger partial charge is 0.352 e. The first-order valence-corrected chi connectivity index (χ1v) is 13.1. The van der Waals surface area contributed by atoms with Crippen molar-refractivity contribution in [2.45, 2.75) is 45.6 Å². The summed E-state index contributed by atoms with van der Waals surface area (Å²) in [6.07, 6.45) is 0.969. The lowest BCUT2D eigenvalue weighted by atomic mass is 9.83. The molecule has 0 spiro atoms. The highest BCUT2D eigenvalue weighted by Crippen LogP contribution is 2.45. The molecule has 0 bridgehead atoms. The van der Waals surface area contributed by atoms with E-state index in [1.165, 1.54) is 37.3 Å². The first-order chi connectivity index (χ1) is 19.3. The number of nitriles is 1. The number of carbonyl (C=O) groups excluding carboxylic acids is 1. The van der Waals surface area contributed by atoms with Gasteiger partial charge in [-0.1, -0.05) is 25.5 Å². The third-order valence-corrected chi connectivity index (χ3v) is 6.22. The Morgan fingerprint density at radius 2 is 1.80 bits per heavy atom. The van der Waals surface area contributed by atoms with Crippen LogP contribution in [0, 0.1) is 17.1 Å². The van der Waals surface area contributed by atoms with Gasteiger partial charge in [-0.2, -0.15) is 5.26 Å². The van der Waals surface area contributed by atoms with E-state index in [9.17, 15) is 14.4 Å². The van der Waals surface area contributed by atoms with Gasteiger partial charge in [0.25, 0.3) is 0 Å². The van der Waals surface area contributed by atoms with E-state index in [0.29, 0.717) is 41.8 Å². The second kappa shape index (κ2) is 12.9. The number of nitrogens with zero attached hydrogens (tertiary/aromatic N) is 1. The summed E-state index contributed by atoms with van der Waals surface area (Å²) < 4.78 is 41.7. The molecule has 0 fully saturated rings. The zero-order valence-electron chi connectivity index (χ0n) is 22.6. The molecule has 0 aliphatic carbocycles. The summed E-state index contributed by atoms with van der Waals surface area (Å²) in [5.74, 6) is 0.436. The van der Waals surface area contributed by atoms with Gasteiger partial charge in [0.2, 0.25) is 5.88 Å². The third-order valence-electron chi connectivity index (χ3n) is 6.22. The molecule has 2 N–H and O–H groups in total. The Hall–Kier alpha value is -4.71. The number of carbonyl (C=O) groups is 1. The number of esters is 1. The van der Waals surface area contributed by atoms with Gasteiger partial charge in [0, 0.05) is 11.6 Å². The summed E-state index contributed by atoms with van der Waals surface area (Å²) in [7, 11) is 0. The molecule has 0 saturated heterocycles. The van der Waals surface area contributed by atoms with E-state index in [-0.39, 0.29) is 17.2 Å². The van der Waals surface area contributed by atoms with Crippen LogP contribution in [0.2, 0.25) is 0 Å². The van der Waals surface area contributed by atoms with Crippen molar-refractivity contribution in [3.8, 4) is 34.8 Å². The van der Waals surface area contributed by atoms with Crippen molar-refractivity contribution in [1.29, 1.82) is 5.26 Å². The molecular formula is C31H31FN2O6. The van der Waals surface area contributed by atoms with Crippen molar-refractivity contribution in [1.82, 2.24) is 0 Å². The van der Waals surface area contributed by atoms with Crippen LogP contribution in [0.25, 0.3) is 0 Å². The molecular weight excluding hydrogens is 515 g/mol. The molecule has 208 valence electrons. The maximum Gasteiger partial charge on any atom is 0.352 e. The molecule has 0 radical (unpaired) electrons. The average Bonchev–Trinajstić information content (AvgIpc) is 2.94. The normalized spacial score (nSPS) is 14.8. The average molecular weight is 547 g/mol. The van der Waals surface area contributed by atoms with Crippen molar-refractivity contribution in [2.24, 2.45) is 5.73 Å². The minimum atomic E-state index is -0.958. The van der Waals surface area contributed by atoms with Crippen molar-refractivity contribution < 1.29 is 32.9 Å². The highest BCUT2D eigenvalue weighted by Gasteiger charge is 2.32. The standard InChI is InChI=1S/C31H31FN2O6/c1-4-6-15-37-26-14-7-20(16-28(26)36-5-2)29-24-13-12-23(17-27(24)40-30(34)25(29)18-33)39-31(35)19(3)38-22-10-8-21(32)9-11-22/h7-14,16-17,19,29H,4-6,15,34H2,1-3H3. The molecule has 40 heavy (non-hydrogen) atoms. The van der Waals surface area contributed by atoms with Crippen LogP contribution in [0.4, 0.5) is 4.39 Å². The predicted molar refractivity (Wildman–Crippen MR) is 146 cm³/mol. The van der Waals surface area contributed by atoms with Gasteiger partial charge in [-0.3, -0.25) is 0 Å². The van der Waals surface area contributed by atoms with Crippen LogP contribution in [-0.2, 0) is 4.79 Å². The van der Waals surface area contributed by atoms with E-state index < -0.39 is 23.8 Å². The molecule has 8 nitrogen and oxygen atoms in total. The predicted octanol–water partition coefficient (Wildman–Crippen LogP) is 5.99. The van der Waals surface area contributed by atoms with Crippen LogP contribution in [0.15, 0.2) is 72.1 Å². The Bertz CT molecular complexity index is 1430. The molecule has 3 aromatic carbocycles. The molecule has 3 aromatic rings. The van der Waals surface area contributed by atoms with Gasteiger partial charge < -0.3 is 29.4 Å². The summed E-state index contributed by atoms with van der Waals surface area (Å²) in [6.45, 7) is 6.52. The number of allylic oxidation sites excluding steroid dienone is 1. The summed E-state index contributed by atoms with van der Waals surface area (Å²) in [4.78, 5) is 12.7. The number of benzene rings is 3. The second-order valence-corrected chi connectivity index (χ2v) is 9.10. The fraction of sp³-hybridized carbons (Fsp3) is 0.290. The number of hydrogen-bond donors (Lipinski definition) is 1. The van der Waals surface area contributed by atoms with Crippen molar-refractivity contribution in [3.63, 3.8) is 0 Å². The van der Waals surface area contributed by atoms with E-state index in [4.69, 9.17) is 29.4 Å². The van der Waals surface area contributed by atoms with Crippen LogP contribution < -0.4 is 29.4 Å². The second-order valence-electron chi connectivity index (χ2n) is 9.10. The van der Waals surface area contributed by atoms with E-state index in [0.717, 1.165) is 18.4 Å². The van der Waals surface area contributed by atoms with Gasteiger partial charge in [0.1, 0.15) is 34.7 Å². The largest absolute Gasteiger partial charge is 0.490 e.